The fourth-order valence-electron chi connectivity index (χ4n) is 1.22. The van der Waals surface area contributed by atoms with Crippen LogP contribution < -0.4 is 5.32 Å². The molecule has 0 saturated heterocycles. The predicted molar refractivity (Wildman–Crippen MR) is 67.2 cm³/mol. The molecule has 1 unspecified atom stereocenters. The summed E-state index contributed by atoms with van der Waals surface area (Å²) in [5.74, 6) is 0. The maximum absolute atomic E-state index is 10.0. The number of nitrogens with zero attached hydrogens (tertiary/aromatic N) is 1. The van der Waals surface area contributed by atoms with E-state index >= 15 is 0 Å². The van der Waals surface area contributed by atoms with Gasteiger partial charge in [-0.05, 0) is 20.8 Å². The Morgan fingerprint density at radius 2 is 2.19 bits per heavy atom. The van der Waals surface area contributed by atoms with Crippen molar-refractivity contribution in [2.24, 2.45) is 0 Å². The minimum absolute atomic E-state index is 0.489. The zero-order chi connectivity index (χ0) is 12.2. The largest absolute Gasteiger partial charge is 0.388 e. The SMILES string of the molecule is COCCC(C)(O)CNc1nc(C)c(C)s1. The van der Waals surface area contributed by atoms with Gasteiger partial charge in [0.05, 0.1) is 11.3 Å². The average molecular weight is 244 g/mol. The third kappa shape index (κ3) is 4.08. The zero-order valence-electron chi connectivity index (χ0n) is 10.3. The van der Waals surface area contributed by atoms with E-state index in [1.165, 1.54) is 4.88 Å². The lowest BCUT2D eigenvalue weighted by molar-refractivity contribution is 0.0357. The zero-order valence-corrected chi connectivity index (χ0v) is 11.1. The number of ether oxygens (including phenoxy) is 1. The van der Waals surface area contributed by atoms with Crippen LogP contribution in [-0.2, 0) is 4.74 Å². The van der Waals surface area contributed by atoms with Gasteiger partial charge in [-0.3, -0.25) is 0 Å². The number of rotatable bonds is 6. The van der Waals surface area contributed by atoms with Crippen LogP contribution in [0.5, 0.6) is 0 Å². The van der Waals surface area contributed by atoms with Crippen molar-refractivity contribution >= 4 is 16.5 Å². The minimum atomic E-state index is -0.760. The second kappa shape index (κ2) is 5.61. The van der Waals surface area contributed by atoms with Gasteiger partial charge in [0.2, 0.25) is 0 Å². The van der Waals surface area contributed by atoms with Gasteiger partial charge in [-0.25, -0.2) is 4.98 Å². The highest BCUT2D eigenvalue weighted by Gasteiger charge is 2.20. The molecule has 0 spiro atoms. The third-order valence-corrected chi connectivity index (χ3v) is 3.52. The second-order valence-corrected chi connectivity index (χ2v) is 5.46. The van der Waals surface area contributed by atoms with Crippen LogP contribution in [0.4, 0.5) is 5.13 Å². The maximum atomic E-state index is 10.0. The van der Waals surface area contributed by atoms with Gasteiger partial charge in [0.15, 0.2) is 5.13 Å². The first kappa shape index (κ1) is 13.4. The van der Waals surface area contributed by atoms with E-state index in [9.17, 15) is 5.11 Å². The summed E-state index contributed by atoms with van der Waals surface area (Å²) in [7, 11) is 1.64. The monoisotopic (exact) mass is 244 g/mol. The predicted octanol–water partition coefficient (Wildman–Crippen LogP) is 1.96. The maximum Gasteiger partial charge on any atom is 0.183 e. The van der Waals surface area contributed by atoms with E-state index in [4.69, 9.17) is 4.74 Å². The van der Waals surface area contributed by atoms with Gasteiger partial charge in [-0.1, -0.05) is 0 Å². The van der Waals surface area contributed by atoms with Crippen molar-refractivity contribution < 1.29 is 9.84 Å². The van der Waals surface area contributed by atoms with Crippen LogP contribution in [0.25, 0.3) is 0 Å². The number of anilines is 1. The molecule has 92 valence electrons. The molecule has 16 heavy (non-hydrogen) atoms. The van der Waals surface area contributed by atoms with Crippen LogP contribution in [-0.4, -0.2) is 36.0 Å². The first-order valence-corrected chi connectivity index (χ1v) is 6.15. The second-order valence-electron chi connectivity index (χ2n) is 4.25. The van der Waals surface area contributed by atoms with Gasteiger partial charge in [0.25, 0.3) is 0 Å². The number of aliphatic hydroxyl groups is 1. The lowest BCUT2D eigenvalue weighted by Gasteiger charge is -2.22. The summed E-state index contributed by atoms with van der Waals surface area (Å²) >= 11 is 1.61. The van der Waals surface area contributed by atoms with Gasteiger partial charge in [-0.2, -0.15) is 0 Å². The number of aryl methyl sites for hydroxylation is 2. The lowest BCUT2D eigenvalue weighted by Crippen LogP contribution is -2.34. The molecule has 4 nitrogen and oxygen atoms in total. The van der Waals surface area contributed by atoms with E-state index in [0.717, 1.165) is 10.8 Å². The molecule has 5 heteroatoms. The molecular formula is C11H20N2O2S. The molecule has 0 aliphatic heterocycles. The molecule has 0 aromatic carbocycles. The summed E-state index contributed by atoms with van der Waals surface area (Å²) in [4.78, 5) is 5.57. The Hall–Kier alpha value is -0.650. The molecule has 1 rings (SSSR count). The van der Waals surface area contributed by atoms with Crippen molar-refractivity contribution in [3.8, 4) is 0 Å². The van der Waals surface area contributed by atoms with Crippen molar-refractivity contribution in [3.05, 3.63) is 10.6 Å². The molecule has 0 bridgehead atoms. The third-order valence-electron chi connectivity index (χ3n) is 2.49. The van der Waals surface area contributed by atoms with Gasteiger partial charge in [0, 0.05) is 31.6 Å². The minimum Gasteiger partial charge on any atom is -0.388 e. The van der Waals surface area contributed by atoms with Gasteiger partial charge in [-0.15, -0.1) is 11.3 Å². The Morgan fingerprint density at radius 3 is 2.69 bits per heavy atom. The fraction of sp³-hybridized carbons (Fsp3) is 0.727. The van der Waals surface area contributed by atoms with E-state index in [0.29, 0.717) is 19.6 Å². The van der Waals surface area contributed by atoms with Crippen LogP contribution >= 0.6 is 11.3 Å². The quantitative estimate of drug-likeness (QED) is 0.803. The molecule has 2 N–H and O–H groups in total. The van der Waals surface area contributed by atoms with Crippen LogP contribution in [0, 0.1) is 13.8 Å². The van der Waals surface area contributed by atoms with Crippen molar-refractivity contribution in [2.75, 3.05) is 25.6 Å². The number of methoxy groups -OCH3 is 1. The Labute approximate surface area is 101 Å². The molecule has 0 fully saturated rings. The molecule has 0 amide bonds. The standard InChI is InChI=1S/C11H20N2O2S/c1-8-9(2)16-10(13-8)12-7-11(3,14)5-6-15-4/h14H,5-7H2,1-4H3,(H,12,13). The van der Waals surface area contributed by atoms with Crippen molar-refractivity contribution in [3.63, 3.8) is 0 Å². The van der Waals surface area contributed by atoms with Gasteiger partial charge < -0.3 is 15.2 Å². The summed E-state index contributed by atoms with van der Waals surface area (Å²) in [6.45, 7) is 6.88. The molecular weight excluding hydrogens is 224 g/mol. The summed E-state index contributed by atoms with van der Waals surface area (Å²) in [5.41, 5.74) is 0.285. The molecule has 0 saturated carbocycles. The highest BCUT2D eigenvalue weighted by Crippen LogP contribution is 2.22. The number of aromatic nitrogens is 1. The van der Waals surface area contributed by atoms with Crippen molar-refractivity contribution in [2.45, 2.75) is 32.8 Å². The number of thiazole rings is 1. The lowest BCUT2D eigenvalue weighted by atomic mass is 10.0. The fourth-order valence-corrected chi connectivity index (χ4v) is 2.03. The Bertz CT molecular complexity index is 317. The van der Waals surface area contributed by atoms with E-state index in [-0.39, 0.29) is 0 Å². The first-order valence-electron chi connectivity index (χ1n) is 5.34. The highest BCUT2D eigenvalue weighted by atomic mass is 32.1. The van der Waals surface area contributed by atoms with Gasteiger partial charge in [0.1, 0.15) is 0 Å². The number of hydrogen-bond donors (Lipinski definition) is 2. The molecule has 1 heterocycles. The van der Waals surface area contributed by atoms with Crippen LogP contribution in [0.1, 0.15) is 23.9 Å². The molecule has 1 aromatic rings. The summed E-state index contributed by atoms with van der Waals surface area (Å²) in [5, 5.41) is 14.0. The van der Waals surface area contributed by atoms with E-state index in [1.54, 1.807) is 25.4 Å². The molecule has 0 aliphatic carbocycles. The van der Waals surface area contributed by atoms with E-state index in [1.807, 2.05) is 13.8 Å². The van der Waals surface area contributed by atoms with Crippen molar-refractivity contribution in [1.82, 2.24) is 4.98 Å². The molecule has 0 radical (unpaired) electrons. The van der Waals surface area contributed by atoms with Gasteiger partial charge >= 0.3 is 0 Å². The number of nitrogens with one attached hydrogen (secondary N) is 1. The average Bonchev–Trinajstić information content (AvgIpc) is 2.53. The van der Waals surface area contributed by atoms with Crippen LogP contribution in [0.15, 0.2) is 0 Å². The summed E-state index contributed by atoms with van der Waals surface area (Å²) in [6.07, 6.45) is 0.611. The Morgan fingerprint density at radius 1 is 1.50 bits per heavy atom. The van der Waals surface area contributed by atoms with E-state index in [2.05, 4.69) is 10.3 Å². The molecule has 0 aliphatic rings. The van der Waals surface area contributed by atoms with Crippen LogP contribution in [0.2, 0.25) is 0 Å². The molecule has 1 aromatic heterocycles. The normalized spacial score (nSPS) is 14.8. The molecule has 1 atom stereocenters. The first-order chi connectivity index (χ1) is 7.44. The summed E-state index contributed by atoms with van der Waals surface area (Å²) in [6, 6.07) is 0. The Balaban J connectivity index is 2.44. The van der Waals surface area contributed by atoms with E-state index < -0.39 is 5.60 Å². The Kier molecular flexibility index (Phi) is 4.70. The summed E-state index contributed by atoms with van der Waals surface area (Å²) < 4.78 is 4.95. The topological polar surface area (TPSA) is 54.4 Å². The number of hydrogen-bond acceptors (Lipinski definition) is 5. The van der Waals surface area contributed by atoms with Crippen LogP contribution in [0.3, 0.4) is 0 Å². The smallest absolute Gasteiger partial charge is 0.183 e. The van der Waals surface area contributed by atoms with Crippen molar-refractivity contribution in [1.29, 1.82) is 0 Å². The highest BCUT2D eigenvalue weighted by molar-refractivity contribution is 7.15.